The van der Waals surface area contributed by atoms with Gasteiger partial charge in [-0.3, -0.25) is 14.9 Å². The van der Waals surface area contributed by atoms with Gasteiger partial charge >= 0.3 is 11.7 Å². The van der Waals surface area contributed by atoms with Gasteiger partial charge in [-0.25, -0.2) is 4.98 Å². The number of hydrogen-bond acceptors (Lipinski definition) is 6. The summed E-state index contributed by atoms with van der Waals surface area (Å²) < 4.78 is 4.53. The molecule has 0 saturated heterocycles. The maximum absolute atomic E-state index is 11.1. The minimum atomic E-state index is -0.514. The van der Waals surface area contributed by atoms with Crippen LogP contribution in [0.2, 0.25) is 0 Å². The highest BCUT2D eigenvalue weighted by Gasteiger charge is 2.18. The smallest absolute Gasteiger partial charge is 0.311 e. The standard InChI is InChI=1S/C11H15N3O4/c1-7-4-5-9(14(16)17)11(12-7)13-8(2)6-10(15)18-3/h4-5,8H,6H2,1-3H3,(H,12,13). The molecule has 7 heteroatoms. The summed E-state index contributed by atoms with van der Waals surface area (Å²) >= 11 is 0. The van der Waals surface area contributed by atoms with E-state index >= 15 is 0 Å². The number of anilines is 1. The van der Waals surface area contributed by atoms with Crippen LogP contribution >= 0.6 is 0 Å². The Hall–Kier alpha value is -2.18. The van der Waals surface area contributed by atoms with Crippen molar-refractivity contribution in [3.05, 3.63) is 27.9 Å². The molecule has 0 aliphatic heterocycles. The zero-order chi connectivity index (χ0) is 13.7. The number of carbonyl (C=O) groups is 1. The molecule has 0 fully saturated rings. The van der Waals surface area contributed by atoms with Crippen molar-refractivity contribution >= 4 is 17.5 Å². The molecule has 1 rings (SSSR count). The van der Waals surface area contributed by atoms with Crippen LogP contribution in [0.25, 0.3) is 0 Å². The van der Waals surface area contributed by atoms with Crippen LogP contribution in [0.1, 0.15) is 19.0 Å². The predicted octanol–water partition coefficient (Wildman–Crippen LogP) is 1.66. The molecule has 0 radical (unpaired) electrons. The average Bonchev–Trinajstić information content (AvgIpc) is 2.28. The van der Waals surface area contributed by atoms with E-state index in [4.69, 9.17) is 0 Å². The van der Waals surface area contributed by atoms with E-state index in [0.29, 0.717) is 5.69 Å². The molecule has 1 aromatic heterocycles. The number of ether oxygens (including phenoxy) is 1. The Kier molecular flexibility index (Phi) is 4.59. The van der Waals surface area contributed by atoms with Gasteiger partial charge in [0.1, 0.15) is 0 Å². The lowest BCUT2D eigenvalue weighted by molar-refractivity contribution is -0.384. The van der Waals surface area contributed by atoms with Crippen molar-refractivity contribution in [2.45, 2.75) is 26.3 Å². The molecule has 1 unspecified atom stereocenters. The number of methoxy groups -OCH3 is 1. The quantitative estimate of drug-likeness (QED) is 0.487. The maximum Gasteiger partial charge on any atom is 0.311 e. The molecular weight excluding hydrogens is 238 g/mol. The van der Waals surface area contributed by atoms with Crippen molar-refractivity contribution in [1.82, 2.24) is 4.98 Å². The summed E-state index contributed by atoms with van der Waals surface area (Å²) in [5, 5.41) is 13.7. The normalized spacial score (nSPS) is 11.7. The van der Waals surface area contributed by atoms with Gasteiger partial charge in [-0.2, -0.15) is 0 Å². The largest absolute Gasteiger partial charge is 0.469 e. The summed E-state index contributed by atoms with van der Waals surface area (Å²) in [7, 11) is 1.29. The molecule has 0 saturated carbocycles. The van der Waals surface area contributed by atoms with E-state index in [2.05, 4.69) is 15.0 Å². The molecule has 1 heterocycles. The SMILES string of the molecule is COC(=O)CC(C)Nc1nc(C)ccc1[N+](=O)[O-]. The van der Waals surface area contributed by atoms with E-state index in [-0.39, 0.29) is 29.9 Å². The summed E-state index contributed by atoms with van der Waals surface area (Å²) in [5.74, 6) is -0.221. The lowest BCUT2D eigenvalue weighted by Gasteiger charge is -2.13. The Morgan fingerprint density at radius 1 is 1.61 bits per heavy atom. The van der Waals surface area contributed by atoms with Crippen molar-refractivity contribution in [2.75, 3.05) is 12.4 Å². The van der Waals surface area contributed by atoms with Crippen LogP contribution in [0.5, 0.6) is 0 Å². The third-order valence-electron chi connectivity index (χ3n) is 2.29. The first-order valence-electron chi connectivity index (χ1n) is 5.39. The maximum atomic E-state index is 11.1. The van der Waals surface area contributed by atoms with Gasteiger partial charge in [0, 0.05) is 17.8 Å². The van der Waals surface area contributed by atoms with Crippen LogP contribution in [-0.4, -0.2) is 29.0 Å². The predicted molar refractivity (Wildman–Crippen MR) is 65.3 cm³/mol. The Bertz CT molecular complexity index is 462. The molecule has 0 bridgehead atoms. The summed E-state index contributed by atoms with van der Waals surface area (Å²) in [5.41, 5.74) is 0.547. The number of pyridine rings is 1. The summed E-state index contributed by atoms with van der Waals surface area (Å²) in [6, 6.07) is 2.65. The van der Waals surface area contributed by atoms with Crippen molar-refractivity contribution < 1.29 is 14.5 Å². The molecule has 1 atom stereocenters. The van der Waals surface area contributed by atoms with Crippen molar-refractivity contribution in [2.24, 2.45) is 0 Å². The van der Waals surface area contributed by atoms with Crippen LogP contribution in [0.4, 0.5) is 11.5 Å². The van der Waals surface area contributed by atoms with E-state index in [1.54, 1.807) is 19.9 Å². The van der Waals surface area contributed by atoms with Gasteiger partial charge in [-0.05, 0) is 19.9 Å². The third-order valence-corrected chi connectivity index (χ3v) is 2.29. The first kappa shape index (κ1) is 13.9. The number of aromatic nitrogens is 1. The second-order valence-electron chi connectivity index (χ2n) is 3.90. The second kappa shape index (κ2) is 5.95. The van der Waals surface area contributed by atoms with Crippen molar-refractivity contribution in [1.29, 1.82) is 0 Å². The number of carbonyl (C=O) groups excluding carboxylic acids is 1. The molecule has 0 amide bonds. The van der Waals surface area contributed by atoms with Gasteiger partial charge in [-0.15, -0.1) is 0 Å². The van der Waals surface area contributed by atoms with Crippen LogP contribution in [0.3, 0.4) is 0 Å². The summed E-state index contributed by atoms with van der Waals surface area (Å²) in [4.78, 5) is 25.5. The van der Waals surface area contributed by atoms with Crippen LogP contribution in [-0.2, 0) is 9.53 Å². The van der Waals surface area contributed by atoms with Gasteiger partial charge in [0.05, 0.1) is 18.5 Å². The molecule has 7 nitrogen and oxygen atoms in total. The van der Waals surface area contributed by atoms with Crippen LogP contribution < -0.4 is 5.32 Å². The van der Waals surface area contributed by atoms with Gasteiger partial charge in [0.15, 0.2) is 0 Å². The molecule has 1 aromatic rings. The topological polar surface area (TPSA) is 94.4 Å². The summed E-state index contributed by atoms with van der Waals surface area (Å²) in [6.45, 7) is 3.46. The number of esters is 1. The second-order valence-corrected chi connectivity index (χ2v) is 3.90. The van der Waals surface area contributed by atoms with E-state index < -0.39 is 4.92 Å². The number of nitro groups is 1. The third kappa shape index (κ3) is 3.69. The van der Waals surface area contributed by atoms with Gasteiger partial charge in [0.25, 0.3) is 0 Å². The molecule has 0 aliphatic carbocycles. The zero-order valence-corrected chi connectivity index (χ0v) is 10.5. The van der Waals surface area contributed by atoms with Crippen molar-refractivity contribution in [3.63, 3.8) is 0 Å². The minimum Gasteiger partial charge on any atom is -0.469 e. The molecule has 98 valence electrons. The monoisotopic (exact) mass is 253 g/mol. The molecule has 0 spiro atoms. The van der Waals surface area contributed by atoms with E-state index in [9.17, 15) is 14.9 Å². The van der Waals surface area contributed by atoms with Gasteiger partial charge in [0.2, 0.25) is 5.82 Å². The Labute approximate surface area is 104 Å². The number of rotatable bonds is 5. The Balaban J connectivity index is 2.85. The molecule has 1 N–H and O–H groups in total. The number of aryl methyl sites for hydroxylation is 1. The van der Waals surface area contributed by atoms with Crippen LogP contribution in [0.15, 0.2) is 12.1 Å². The first-order valence-corrected chi connectivity index (χ1v) is 5.39. The Morgan fingerprint density at radius 3 is 2.83 bits per heavy atom. The van der Waals surface area contributed by atoms with Crippen LogP contribution in [0, 0.1) is 17.0 Å². The molecule has 18 heavy (non-hydrogen) atoms. The number of nitrogens with one attached hydrogen (secondary N) is 1. The highest BCUT2D eigenvalue weighted by molar-refractivity contribution is 5.70. The summed E-state index contributed by atoms with van der Waals surface area (Å²) in [6.07, 6.45) is 0.114. The lowest BCUT2D eigenvalue weighted by atomic mass is 10.2. The number of hydrogen-bond donors (Lipinski definition) is 1. The van der Waals surface area contributed by atoms with Crippen molar-refractivity contribution in [3.8, 4) is 0 Å². The molecular formula is C11H15N3O4. The zero-order valence-electron chi connectivity index (χ0n) is 10.5. The highest BCUT2D eigenvalue weighted by atomic mass is 16.6. The van der Waals surface area contributed by atoms with Gasteiger partial charge in [-0.1, -0.05) is 0 Å². The van der Waals surface area contributed by atoms with E-state index in [1.807, 2.05) is 0 Å². The fourth-order valence-corrected chi connectivity index (χ4v) is 1.42. The fourth-order valence-electron chi connectivity index (χ4n) is 1.42. The molecule has 0 aromatic carbocycles. The Morgan fingerprint density at radius 2 is 2.28 bits per heavy atom. The lowest BCUT2D eigenvalue weighted by Crippen LogP contribution is -2.21. The van der Waals surface area contributed by atoms with E-state index in [1.165, 1.54) is 13.2 Å². The number of nitrogens with zero attached hydrogens (tertiary/aromatic N) is 2. The fraction of sp³-hybridized carbons (Fsp3) is 0.455. The first-order chi connectivity index (χ1) is 8.43. The van der Waals surface area contributed by atoms with Gasteiger partial charge < -0.3 is 10.1 Å². The van der Waals surface area contributed by atoms with E-state index in [0.717, 1.165) is 0 Å². The molecule has 0 aliphatic rings. The minimum absolute atomic E-state index is 0.114. The highest BCUT2D eigenvalue weighted by Crippen LogP contribution is 2.22. The average molecular weight is 253 g/mol.